The summed E-state index contributed by atoms with van der Waals surface area (Å²) >= 11 is 6.02. The summed E-state index contributed by atoms with van der Waals surface area (Å²) in [4.78, 5) is 17.9. The lowest BCUT2D eigenvalue weighted by Crippen LogP contribution is -2.44. The highest BCUT2D eigenvalue weighted by Gasteiger charge is 2.18. The number of piperazine rings is 1. The molecule has 0 aromatic heterocycles. The molecular weight excluding hydrogens is 418 g/mol. The van der Waals surface area contributed by atoms with Gasteiger partial charge in [-0.25, -0.2) is 0 Å². The first-order valence-corrected chi connectivity index (χ1v) is 11.5. The van der Waals surface area contributed by atoms with Gasteiger partial charge in [0.15, 0.2) is 0 Å². The van der Waals surface area contributed by atoms with Crippen LogP contribution in [-0.2, 0) is 0 Å². The molecule has 5 heteroatoms. The predicted molar refractivity (Wildman–Crippen MR) is 134 cm³/mol. The summed E-state index contributed by atoms with van der Waals surface area (Å²) < 4.78 is 0. The monoisotopic (exact) mass is 447 g/mol. The Hall–Kier alpha value is -2.82. The maximum absolute atomic E-state index is 13.2. The van der Waals surface area contributed by atoms with E-state index in [9.17, 15) is 4.79 Å². The molecule has 1 N–H and O–H groups in total. The van der Waals surface area contributed by atoms with Crippen LogP contribution in [0.2, 0.25) is 5.02 Å². The maximum Gasteiger partial charge on any atom is 0.252 e. The summed E-state index contributed by atoms with van der Waals surface area (Å²) in [5, 5.41) is 3.91. The molecule has 1 amide bonds. The molecule has 0 radical (unpaired) electrons. The lowest BCUT2D eigenvalue weighted by atomic mass is 9.99. The second-order valence-electron chi connectivity index (χ2n) is 8.62. The van der Waals surface area contributed by atoms with E-state index in [1.54, 1.807) is 0 Å². The largest absolute Gasteiger partial charge is 0.369 e. The molecule has 32 heavy (non-hydrogen) atoms. The van der Waals surface area contributed by atoms with Crippen LogP contribution in [0.4, 0.5) is 5.69 Å². The van der Waals surface area contributed by atoms with Crippen LogP contribution in [0.3, 0.4) is 0 Å². The van der Waals surface area contributed by atoms with Crippen LogP contribution < -0.4 is 10.2 Å². The van der Waals surface area contributed by atoms with Crippen LogP contribution in [0.5, 0.6) is 0 Å². The smallest absolute Gasteiger partial charge is 0.252 e. The van der Waals surface area contributed by atoms with Gasteiger partial charge in [0, 0.05) is 42.5 Å². The number of hydrogen-bond acceptors (Lipinski definition) is 3. The second-order valence-corrected chi connectivity index (χ2v) is 9.05. The van der Waals surface area contributed by atoms with Crippen molar-refractivity contribution < 1.29 is 4.79 Å². The molecule has 0 unspecified atom stereocenters. The highest BCUT2D eigenvalue weighted by molar-refractivity contribution is 6.30. The number of anilines is 1. The van der Waals surface area contributed by atoms with Gasteiger partial charge >= 0.3 is 0 Å². The fourth-order valence-electron chi connectivity index (χ4n) is 4.10. The summed E-state index contributed by atoms with van der Waals surface area (Å²) in [6.45, 7) is 8.06. The van der Waals surface area contributed by atoms with E-state index >= 15 is 0 Å². The van der Waals surface area contributed by atoms with Crippen molar-refractivity contribution in [1.29, 1.82) is 0 Å². The van der Waals surface area contributed by atoms with E-state index in [0.717, 1.165) is 64.7 Å². The van der Waals surface area contributed by atoms with E-state index in [-0.39, 0.29) is 11.9 Å². The minimum Gasteiger partial charge on any atom is -0.369 e. The van der Waals surface area contributed by atoms with Crippen LogP contribution in [0.25, 0.3) is 11.1 Å². The molecule has 0 bridgehead atoms. The molecule has 1 aliphatic rings. The Morgan fingerprint density at radius 2 is 1.66 bits per heavy atom. The van der Waals surface area contributed by atoms with Crippen molar-refractivity contribution in [3.8, 4) is 11.1 Å². The molecule has 3 aromatic rings. The van der Waals surface area contributed by atoms with Crippen molar-refractivity contribution in [3.63, 3.8) is 0 Å². The van der Waals surface area contributed by atoms with Crippen molar-refractivity contribution in [2.75, 3.05) is 38.1 Å². The summed E-state index contributed by atoms with van der Waals surface area (Å²) in [6, 6.07) is 22.2. The van der Waals surface area contributed by atoms with Gasteiger partial charge in [-0.2, -0.15) is 0 Å². The molecule has 1 saturated heterocycles. The first-order valence-electron chi connectivity index (χ1n) is 11.1. The molecule has 3 aromatic carbocycles. The topological polar surface area (TPSA) is 35.6 Å². The van der Waals surface area contributed by atoms with Crippen LogP contribution >= 0.6 is 11.6 Å². The normalized spacial score (nSPS) is 15.4. The van der Waals surface area contributed by atoms with Crippen LogP contribution in [0, 0.1) is 6.92 Å². The number of rotatable bonds is 5. The van der Waals surface area contributed by atoms with Crippen molar-refractivity contribution >= 4 is 23.2 Å². The van der Waals surface area contributed by atoms with E-state index < -0.39 is 0 Å². The van der Waals surface area contributed by atoms with Gasteiger partial charge in [-0.1, -0.05) is 48.0 Å². The van der Waals surface area contributed by atoms with E-state index in [1.807, 2.05) is 56.3 Å². The fourth-order valence-corrected chi connectivity index (χ4v) is 4.23. The first-order chi connectivity index (χ1) is 15.4. The third-order valence-corrected chi connectivity index (χ3v) is 6.50. The zero-order valence-corrected chi connectivity index (χ0v) is 19.7. The van der Waals surface area contributed by atoms with E-state index in [0.29, 0.717) is 0 Å². The Morgan fingerprint density at radius 3 is 2.38 bits per heavy atom. The highest BCUT2D eigenvalue weighted by atomic mass is 35.5. The van der Waals surface area contributed by atoms with Gasteiger partial charge < -0.3 is 15.1 Å². The van der Waals surface area contributed by atoms with Gasteiger partial charge in [0.05, 0.1) is 6.04 Å². The Kier molecular flexibility index (Phi) is 6.83. The molecular formula is C27H30ClN3O. The zero-order valence-electron chi connectivity index (χ0n) is 18.9. The highest BCUT2D eigenvalue weighted by Crippen LogP contribution is 2.26. The van der Waals surface area contributed by atoms with Crippen LogP contribution in [0.1, 0.15) is 34.5 Å². The quantitative estimate of drug-likeness (QED) is 0.556. The molecule has 1 fully saturated rings. The van der Waals surface area contributed by atoms with Gasteiger partial charge in [0.1, 0.15) is 0 Å². The Bertz CT molecular complexity index is 1090. The number of carbonyl (C=O) groups is 1. The molecule has 1 heterocycles. The molecule has 166 valence electrons. The Labute approximate surface area is 195 Å². The van der Waals surface area contributed by atoms with Gasteiger partial charge in [-0.15, -0.1) is 0 Å². The second kappa shape index (κ2) is 9.76. The number of nitrogens with one attached hydrogen (secondary N) is 1. The van der Waals surface area contributed by atoms with Crippen molar-refractivity contribution in [1.82, 2.24) is 10.2 Å². The van der Waals surface area contributed by atoms with Gasteiger partial charge in [-0.05, 0) is 73.5 Å². The molecule has 1 aliphatic heterocycles. The summed E-state index contributed by atoms with van der Waals surface area (Å²) in [7, 11) is 2.15. The SMILES string of the molecule is Cc1ccc(N2CCN(C)CC2)cc1C(=O)N[C@H](C)c1cccc(-c2ccc(Cl)cc2)c1. The Morgan fingerprint density at radius 1 is 0.938 bits per heavy atom. The number of aryl methyl sites for hydroxylation is 1. The molecule has 4 nitrogen and oxygen atoms in total. The third-order valence-electron chi connectivity index (χ3n) is 6.25. The van der Waals surface area contributed by atoms with E-state index in [4.69, 9.17) is 11.6 Å². The average Bonchev–Trinajstić information content (AvgIpc) is 2.80. The Balaban J connectivity index is 1.50. The minimum absolute atomic E-state index is 0.0390. The summed E-state index contributed by atoms with van der Waals surface area (Å²) in [5.74, 6) is -0.0390. The van der Waals surface area contributed by atoms with Crippen molar-refractivity contribution in [2.24, 2.45) is 0 Å². The van der Waals surface area contributed by atoms with Crippen LogP contribution in [-0.4, -0.2) is 44.0 Å². The van der Waals surface area contributed by atoms with Crippen molar-refractivity contribution in [3.05, 3.63) is 88.4 Å². The van der Waals surface area contributed by atoms with Crippen molar-refractivity contribution in [2.45, 2.75) is 19.9 Å². The van der Waals surface area contributed by atoms with Gasteiger partial charge in [0.25, 0.3) is 5.91 Å². The molecule has 0 aliphatic carbocycles. The van der Waals surface area contributed by atoms with Crippen LogP contribution in [0.15, 0.2) is 66.7 Å². The average molecular weight is 448 g/mol. The third kappa shape index (κ3) is 5.14. The first kappa shape index (κ1) is 22.4. The van der Waals surface area contributed by atoms with E-state index in [1.165, 1.54) is 0 Å². The van der Waals surface area contributed by atoms with Gasteiger partial charge in [0.2, 0.25) is 0 Å². The fraction of sp³-hybridized carbons (Fsp3) is 0.296. The number of nitrogens with zero attached hydrogens (tertiary/aromatic N) is 2. The van der Waals surface area contributed by atoms with Gasteiger partial charge in [-0.3, -0.25) is 4.79 Å². The summed E-state index contributed by atoms with van der Waals surface area (Å²) in [5.41, 5.74) is 6.12. The maximum atomic E-state index is 13.2. The zero-order chi connectivity index (χ0) is 22.7. The lowest BCUT2D eigenvalue weighted by Gasteiger charge is -2.34. The number of benzene rings is 3. The molecule has 4 rings (SSSR count). The molecule has 0 spiro atoms. The number of halogens is 1. The number of likely N-dealkylation sites (N-methyl/N-ethyl adjacent to an activating group) is 1. The standard InChI is InChI=1S/C27H30ClN3O/c1-19-7-12-25(31-15-13-30(3)14-16-31)18-26(19)27(32)29-20(2)22-5-4-6-23(17-22)21-8-10-24(28)11-9-21/h4-12,17-18,20H,13-16H2,1-3H3,(H,29,32)/t20-/m1/s1. The molecule has 0 saturated carbocycles. The number of hydrogen-bond donors (Lipinski definition) is 1. The van der Waals surface area contributed by atoms with E-state index in [2.05, 4.69) is 46.4 Å². The minimum atomic E-state index is -0.110. The number of amides is 1. The lowest BCUT2D eigenvalue weighted by molar-refractivity contribution is 0.0939. The predicted octanol–water partition coefficient (Wildman–Crippen LogP) is 5.56. The summed E-state index contributed by atoms with van der Waals surface area (Å²) in [6.07, 6.45) is 0. The number of carbonyl (C=O) groups excluding carboxylic acids is 1. The molecule has 1 atom stereocenters.